The predicted octanol–water partition coefficient (Wildman–Crippen LogP) is 1.98. The van der Waals surface area contributed by atoms with Crippen molar-refractivity contribution in [3.63, 3.8) is 0 Å². The fourth-order valence-corrected chi connectivity index (χ4v) is 4.77. The van der Waals surface area contributed by atoms with Gasteiger partial charge in [-0.05, 0) is 37.6 Å². The Labute approximate surface area is 199 Å². The number of benzene rings is 1. The van der Waals surface area contributed by atoms with Crippen molar-refractivity contribution >= 4 is 11.7 Å². The fraction of sp³-hybridized carbons (Fsp3) is 0.522. The van der Waals surface area contributed by atoms with Gasteiger partial charge < -0.3 is 25.2 Å². The molecular formula is C23H26F3N5O4. The van der Waals surface area contributed by atoms with Gasteiger partial charge in [-0.1, -0.05) is 0 Å². The molecular weight excluding hydrogens is 467 g/mol. The van der Waals surface area contributed by atoms with E-state index in [1.807, 2.05) is 0 Å². The van der Waals surface area contributed by atoms with Gasteiger partial charge in [-0.3, -0.25) is 9.69 Å². The summed E-state index contributed by atoms with van der Waals surface area (Å²) in [5.74, 6) is 0.0219. The number of phenols is 1. The lowest BCUT2D eigenvalue weighted by Crippen LogP contribution is -2.57. The smallest absolute Gasteiger partial charge is 0.416 e. The molecule has 5 rings (SSSR count). The SMILES string of the molecule is O=C(CN1CCC[C@@H](Nc2nnc(-c3ccc(C(F)(F)F)cc3O)c3c2COC3)C1)N1CC(O)C1. The summed E-state index contributed by atoms with van der Waals surface area (Å²) >= 11 is 0. The van der Waals surface area contributed by atoms with Gasteiger partial charge in [-0.15, -0.1) is 10.2 Å². The Hall–Kier alpha value is -2.96. The number of carbonyl (C=O) groups excluding carboxylic acids is 1. The molecule has 188 valence electrons. The Morgan fingerprint density at radius 2 is 1.94 bits per heavy atom. The number of carbonyl (C=O) groups is 1. The predicted molar refractivity (Wildman–Crippen MR) is 118 cm³/mol. The molecule has 0 spiro atoms. The molecule has 9 nitrogen and oxygen atoms in total. The van der Waals surface area contributed by atoms with Crippen LogP contribution in [-0.2, 0) is 28.9 Å². The number of nitrogens with one attached hydrogen (secondary N) is 1. The average Bonchev–Trinajstić information content (AvgIpc) is 3.27. The molecule has 35 heavy (non-hydrogen) atoms. The number of likely N-dealkylation sites (tertiary alicyclic amines) is 2. The Kier molecular flexibility index (Phi) is 6.28. The van der Waals surface area contributed by atoms with E-state index in [0.717, 1.165) is 31.0 Å². The Bertz CT molecular complexity index is 1120. The van der Waals surface area contributed by atoms with Crippen LogP contribution >= 0.6 is 0 Å². The highest BCUT2D eigenvalue weighted by Crippen LogP contribution is 2.39. The standard InChI is InChI=1S/C23H26F3N5O4/c24-23(25,26)13-3-4-16(19(33)6-13)21-17-11-35-12-18(17)22(29-28-21)27-14-2-1-5-30(7-14)10-20(34)31-8-15(32)9-31/h3-4,6,14-15,32-33H,1-2,5,7-12H2,(H,27,29)/t14-/m1/s1. The summed E-state index contributed by atoms with van der Waals surface area (Å²) in [6.45, 7) is 2.99. The Morgan fingerprint density at radius 3 is 2.66 bits per heavy atom. The number of amides is 1. The van der Waals surface area contributed by atoms with Crippen LogP contribution in [0.1, 0.15) is 29.5 Å². The number of aromatic hydroxyl groups is 1. The van der Waals surface area contributed by atoms with E-state index in [9.17, 15) is 28.2 Å². The molecule has 2 saturated heterocycles. The highest BCUT2D eigenvalue weighted by molar-refractivity contribution is 5.79. The zero-order chi connectivity index (χ0) is 24.7. The molecule has 1 aromatic heterocycles. The van der Waals surface area contributed by atoms with E-state index in [1.54, 1.807) is 4.90 Å². The lowest BCUT2D eigenvalue weighted by molar-refractivity contribution is -0.142. The zero-order valence-electron chi connectivity index (χ0n) is 18.9. The lowest BCUT2D eigenvalue weighted by atomic mass is 10.0. The summed E-state index contributed by atoms with van der Waals surface area (Å²) in [7, 11) is 0. The normalized spacial score (nSPS) is 21.0. The third-order valence-electron chi connectivity index (χ3n) is 6.68. The summed E-state index contributed by atoms with van der Waals surface area (Å²) < 4.78 is 44.5. The monoisotopic (exact) mass is 493 g/mol. The molecule has 3 aliphatic rings. The first kappa shape index (κ1) is 23.8. The van der Waals surface area contributed by atoms with Gasteiger partial charge in [0.1, 0.15) is 11.4 Å². The second kappa shape index (κ2) is 9.25. The minimum atomic E-state index is -4.56. The van der Waals surface area contributed by atoms with Gasteiger partial charge in [0.05, 0.1) is 31.4 Å². The molecule has 1 aromatic carbocycles. The van der Waals surface area contributed by atoms with Crippen LogP contribution < -0.4 is 5.32 Å². The molecule has 0 unspecified atom stereocenters. The number of fused-ring (bicyclic) bond motifs is 1. The largest absolute Gasteiger partial charge is 0.507 e. The summed E-state index contributed by atoms with van der Waals surface area (Å²) in [5.41, 5.74) is 0.955. The molecule has 0 aliphatic carbocycles. The number of aromatic nitrogens is 2. The van der Waals surface area contributed by atoms with Gasteiger partial charge in [0.15, 0.2) is 5.82 Å². The molecule has 2 aromatic rings. The van der Waals surface area contributed by atoms with Crippen LogP contribution in [0.25, 0.3) is 11.3 Å². The molecule has 0 bridgehead atoms. The van der Waals surface area contributed by atoms with Gasteiger partial charge in [0, 0.05) is 42.4 Å². The van der Waals surface area contributed by atoms with Crippen molar-refractivity contribution in [1.29, 1.82) is 0 Å². The quantitative estimate of drug-likeness (QED) is 0.580. The Balaban J connectivity index is 1.30. The highest BCUT2D eigenvalue weighted by atomic mass is 19.4. The minimum Gasteiger partial charge on any atom is -0.507 e. The van der Waals surface area contributed by atoms with Crippen LogP contribution in [0.3, 0.4) is 0 Å². The first-order chi connectivity index (χ1) is 16.7. The number of β-amino-alcohol motifs (C(OH)–C–C–N with tert-alkyl or cyclic N) is 1. The van der Waals surface area contributed by atoms with Crippen LogP contribution in [0, 0.1) is 0 Å². The second-order valence-corrected chi connectivity index (χ2v) is 9.25. The topological polar surface area (TPSA) is 111 Å². The summed E-state index contributed by atoms with van der Waals surface area (Å²) in [6, 6.07) is 2.82. The van der Waals surface area contributed by atoms with Crippen molar-refractivity contribution in [3.05, 3.63) is 34.9 Å². The molecule has 1 atom stereocenters. The number of ether oxygens (including phenoxy) is 1. The number of hydrogen-bond acceptors (Lipinski definition) is 8. The van der Waals surface area contributed by atoms with Crippen molar-refractivity contribution < 1.29 is 32.9 Å². The van der Waals surface area contributed by atoms with E-state index in [-0.39, 0.29) is 30.7 Å². The van der Waals surface area contributed by atoms with Gasteiger partial charge in [0.25, 0.3) is 0 Å². The number of rotatable bonds is 5. The number of alkyl halides is 3. The first-order valence-corrected chi connectivity index (χ1v) is 11.5. The van der Waals surface area contributed by atoms with Crippen molar-refractivity contribution in [1.82, 2.24) is 20.0 Å². The van der Waals surface area contributed by atoms with E-state index in [4.69, 9.17) is 4.74 Å². The summed E-state index contributed by atoms with van der Waals surface area (Å²) in [6.07, 6.45) is -3.21. The number of hydrogen-bond donors (Lipinski definition) is 3. The highest BCUT2D eigenvalue weighted by Gasteiger charge is 2.33. The molecule has 2 fully saturated rings. The zero-order valence-corrected chi connectivity index (χ0v) is 18.9. The molecule has 3 N–H and O–H groups in total. The number of aliphatic hydroxyl groups is 1. The maximum atomic E-state index is 13.0. The number of phenolic OH excluding ortho intramolecular Hbond substituents is 1. The first-order valence-electron chi connectivity index (χ1n) is 11.5. The van der Waals surface area contributed by atoms with Crippen LogP contribution in [0.5, 0.6) is 5.75 Å². The van der Waals surface area contributed by atoms with E-state index in [0.29, 0.717) is 49.3 Å². The molecule has 4 heterocycles. The number of anilines is 1. The van der Waals surface area contributed by atoms with E-state index >= 15 is 0 Å². The summed E-state index contributed by atoms with van der Waals surface area (Å²) in [5, 5.41) is 31.6. The van der Waals surface area contributed by atoms with E-state index in [2.05, 4.69) is 20.4 Å². The molecule has 12 heteroatoms. The number of aliphatic hydroxyl groups excluding tert-OH is 1. The second-order valence-electron chi connectivity index (χ2n) is 9.25. The van der Waals surface area contributed by atoms with Crippen LogP contribution in [0.2, 0.25) is 0 Å². The van der Waals surface area contributed by atoms with Gasteiger partial charge in [0.2, 0.25) is 5.91 Å². The number of nitrogens with zero attached hydrogens (tertiary/aromatic N) is 4. The van der Waals surface area contributed by atoms with Crippen molar-refractivity contribution in [2.24, 2.45) is 0 Å². The van der Waals surface area contributed by atoms with E-state index in [1.165, 1.54) is 6.07 Å². The van der Waals surface area contributed by atoms with Crippen LogP contribution in [-0.4, -0.2) is 81.0 Å². The van der Waals surface area contributed by atoms with Crippen LogP contribution in [0.15, 0.2) is 18.2 Å². The number of halogens is 3. The van der Waals surface area contributed by atoms with Crippen molar-refractivity contribution in [2.45, 2.75) is 44.4 Å². The third-order valence-corrected chi connectivity index (χ3v) is 6.68. The van der Waals surface area contributed by atoms with Crippen LogP contribution in [0.4, 0.5) is 19.0 Å². The molecule has 0 saturated carbocycles. The number of piperidine rings is 1. The molecule has 3 aliphatic heterocycles. The maximum Gasteiger partial charge on any atom is 0.416 e. The third kappa shape index (κ3) is 4.91. The summed E-state index contributed by atoms with van der Waals surface area (Å²) in [4.78, 5) is 16.1. The molecule has 1 amide bonds. The van der Waals surface area contributed by atoms with E-state index < -0.39 is 23.6 Å². The van der Waals surface area contributed by atoms with Crippen molar-refractivity contribution in [2.75, 3.05) is 38.0 Å². The minimum absolute atomic E-state index is 0.00531. The van der Waals surface area contributed by atoms with Crippen molar-refractivity contribution in [3.8, 4) is 17.0 Å². The van der Waals surface area contributed by atoms with Gasteiger partial charge in [-0.25, -0.2) is 0 Å². The maximum absolute atomic E-state index is 13.0. The van der Waals surface area contributed by atoms with Gasteiger partial charge in [-0.2, -0.15) is 13.2 Å². The average molecular weight is 493 g/mol. The Morgan fingerprint density at radius 1 is 1.17 bits per heavy atom. The lowest BCUT2D eigenvalue weighted by Gasteiger charge is -2.39. The fourth-order valence-electron chi connectivity index (χ4n) is 4.77. The van der Waals surface area contributed by atoms with Gasteiger partial charge >= 0.3 is 6.18 Å². The molecule has 0 radical (unpaired) electrons.